The summed E-state index contributed by atoms with van der Waals surface area (Å²) in [5.41, 5.74) is 0.595. The fraction of sp³-hybridized carbons (Fsp3) is 0.529. The van der Waals surface area contributed by atoms with Crippen molar-refractivity contribution in [3.8, 4) is 11.5 Å². The van der Waals surface area contributed by atoms with E-state index in [0.717, 1.165) is 18.1 Å². The number of carbonyl (C=O) groups is 2. The van der Waals surface area contributed by atoms with Crippen LogP contribution in [0.15, 0.2) is 18.2 Å². The second-order valence-corrected chi connectivity index (χ2v) is 7.34. The number of carbonyl (C=O) groups excluding carboxylic acids is 2. The highest BCUT2D eigenvalue weighted by molar-refractivity contribution is 7.99. The van der Waals surface area contributed by atoms with Crippen molar-refractivity contribution in [2.24, 2.45) is 0 Å². The Morgan fingerprint density at radius 2 is 1.88 bits per heavy atom. The van der Waals surface area contributed by atoms with E-state index in [2.05, 4.69) is 5.32 Å². The van der Waals surface area contributed by atoms with Gasteiger partial charge >= 0.3 is 0 Å². The molecule has 8 heteroatoms. The Kier molecular flexibility index (Phi) is 4.72. The monoisotopic (exact) mass is 363 g/mol. The molecule has 3 aliphatic heterocycles. The maximum atomic E-state index is 12.8. The molecule has 0 radical (unpaired) electrons. The van der Waals surface area contributed by atoms with Gasteiger partial charge in [-0.25, -0.2) is 0 Å². The Bertz CT molecular complexity index is 678. The predicted octanol–water partition coefficient (Wildman–Crippen LogP) is 0.752. The van der Waals surface area contributed by atoms with Crippen molar-refractivity contribution < 1.29 is 19.1 Å². The predicted molar refractivity (Wildman–Crippen MR) is 93.9 cm³/mol. The van der Waals surface area contributed by atoms with Crippen LogP contribution in [0.1, 0.15) is 16.8 Å². The highest BCUT2D eigenvalue weighted by atomic mass is 32.2. The standard InChI is InChI=1S/C17H21N3O4S/c21-16(12-2-3-14-15(8-12)24-11-23-14)19-4-1-5-20(7-6-19)17(22)13-9-25-10-18-13/h2-3,8,13,18H,1,4-7,9-11H2. The number of hydrogen-bond acceptors (Lipinski definition) is 6. The molecule has 0 bridgehead atoms. The molecule has 1 atom stereocenters. The Morgan fingerprint density at radius 3 is 2.72 bits per heavy atom. The smallest absolute Gasteiger partial charge is 0.254 e. The second kappa shape index (κ2) is 7.13. The summed E-state index contributed by atoms with van der Waals surface area (Å²) in [5.74, 6) is 3.08. The summed E-state index contributed by atoms with van der Waals surface area (Å²) in [6.45, 7) is 2.69. The Balaban J connectivity index is 1.40. The number of ether oxygens (including phenoxy) is 2. The molecule has 1 aromatic rings. The lowest BCUT2D eigenvalue weighted by Gasteiger charge is -2.24. The van der Waals surface area contributed by atoms with Crippen molar-refractivity contribution in [1.29, 1.82) is 0 Å². The van der Waals surface area contributed by atoms with Crippen LogP contribution in [0.5, 0.6) is 11.5 Å². The first-order valence-electron chi connectivity index (χ1n) is 8.51. The molecule has 4 rings (SSSR count). The SMILES string of the molecule is O=C(c1ccc2c(c1)OCO2)N1CCCN(C(=O)C2CSCN2)CC1. The average Bonchev–Trinajstić information content (AvgIpc) is 3.27. The molecule has 2 fully saturated rings. The lowest BCUT2D eigenvalue weighted by molar-refractivity contribution is -0.132. The van der Waals surface area contributed by atoms with Gasteiger partial charge in [-0.3, -0.25) is 14.9 Å². The number of rotatable bonds is 2. The molecule has 1 aromatic carbocycles. The van der Waals surface area contributed by atoms with Crippen molar-refractivity contribution in [2.75, 3.05) is 44.6 Å². The topological polar surface area (TPSA) is 71.1 Å². The summed E-state index contributed by atoms with van der Waals surface area (Å²) in [4.78, 5) is 29.0. The van der Waals surface area contributed by atoms with Crippen LogP contribution in [-0.2, 0) is 4.79 Å². The molecule has 0 aliphatic carbocycles. The van der Waals surface area contributed by atoms with E-state index in [1.165, 1.54) is 0 Å². The molecule has 134 valence electrons. The van der Waals surface area contributed by atoms with Crippen LogP contribution in [0, 0.1) is 0 Å². The van der Waals surface area contributed by atoms with E-state index in [4.69, 9.17) is 9.47 Å². The average molecular weight is 363 g/mol. The minimum atomic E-state index is -0.0823. The van der Waals surface area contributed by atoms with Crippen molar-refractivity contribution in [3.63, 3.8) is 0 Å². The molecular formula is C17H21N3O4S. The summed E-state index contributed by atoms with van der Waals surface area (Å²) < 4.78 is 10.6. The van der Waals surface area contributed by atoms with Gasteiger partial charge in [0, 0.05) is 43.4 Å². The summed E-state index contributed by atoms with van der Waals surface area (Å²) in [6, 6.07) is 5.19. The molecule has 0 aromatic heterocycles. The van der Waals surface area contributed by atoms with Gasteiger partial charge in [0.05, 0.1) is 6.04 Å². The van der Waals surface area contributed by atoms with Crippen molar-refractivity contribution in [2.45, 2.75) is 12.5 Å². The van der Waals surface area contributed by atoms with Gasteiger partial charge in [-0.2, -0.15) is 0 Å². The summed E-state index contributed by atoms with van der Waals surface area (Å²) in [5, 5.41) is 3.22. The molecule has 25 heavy (non-hydrogen) atoms. The first-order chi connectivity index (χ1) is 12.2. The van der Waals surface area contributed by atoms with Crippen molar-refractivity contribution in [1.82, 2.24) is 15.1 Å². The number of hydrogen-bond donors (Lipinski definition) is 1. The largest absolute Gasteiger partial charge is 0.454 e. The maximum absolute atomic E-state index is 12.8. The fourth-order valence-corrected chi connectivity index (χ4v) is 4.26. The van der Waals surface area contributed by atoms with E-state index in [1.54, 1.807) is 30.0 Å². The molecule has 3 aliphatic rings. The number of thioether (sulfide) groups is 1. The fourth-order valence-electron chi connectivity index (χ4n) is 3.33. The van der Waals surface area contributed by atoms with Crippen LogP contribution in [0.4, 0.5) is 0 Å². The number of fused-ring (bicyclic) bond motifs is 1. The van der Waals surface area contributed by atoms with Crippen LogP contribution in [0.25, 0.3) is 0 Å². The van der Waals surface area contributed by atoms with Gasteiger partial charge in [-0.1, -0.05) is 0 Å². The number of nitrogens with zero attached hydrogens (tertiary/aromatic N) is 2. The third kappa shape index (κ3) is 3.41. The van der Waals surface area contributed by atoms with Crippen LogP contribution in [0.2, 0.25) is 0 Å². The van der Waals surface area contributed by atoms with Crippen LogP contribution < -0.4 is 14.8 Å². The molecule has 1 unspecified atom stereocenters. The normalized spacial score (nSPS) is 22.8. The minimum absolute atomic E-state index is 0.0258. The lowest BCUT2D eigenvalue weighted by atomic mass is 10.1. The van der Waals surface area contributed by atoms with E-state index >= 15 is 0 Å². The molecule has 3 heterocycles. The lowest BCUT2D eigenvalue weighted by Crippen LogP contribution is -2.46. The summed E-state index contributed by atoms with van der Waals surface area (Å²) in [6.07, 6.45) is 0.794. The number of benzene rings is 1. The summed E-state index contributed by atoms with van der Waals surface area (Å²) in [7, 11) is 0. The molecule has 7 nitrogen and oxygen atoms in total. The maximum Gasteiger partial charge on any atom is 0.254 e. The quantitative estimate of drug-likeness (QED) is 0.836. The Hall–Kier alpha value is -1.93. The van der Waals surface area contributed by atoms with Crippen molar-refractivity contribution >= 4 is 23.6 Å². The molecule has 0 saturated carbocycles. The van der Waals surface area contributed by atoms with Gasteiger partial charge in [-0.15, -0.1) is 11.8 Å². The van der Waals surface area contributed by atoms with Gasteiger partial charge in [0.25, 0.3) is 5.91 Å². The van der Waals surface area contributed by atoms with Gasteiger partial charge in [0.15, 0.2) is 11.5 Å². The Labute approximate surface area is 150 Å². The van der Waals surface area contributed by atoms with E-state index in [1.807, 2.05) is 9.80 Å². The zero-order valence-corrected chi connectivity index (χ0v) is 14.7. The third-order valence-electron chi connectivity index (χ3n) is 4.73. The van der Waals surface area contributed by atoms with E-state index in [-0.39, 0.29) is 24.6 Å². The molecule has 0 spiro atoms. The zero-order valence-electron chi connectivity index (χ0n) is 13.9. The molecule has 2 saturated heterocycles. The first kappa shape index (κ1) is 16.5. The van der Waals surface area contributed by atoms with E-state index in [9.17, 15) is 9.59 Å². The number of amides is 2. The van der Waals surface area contributed by atoms with Gasteiger partial charge in [0.1, 0.15) is 0 Å². The van der Waals surface area contributed by atoms with Crippen LogP contribution >= 0.6 is 11.8 Å². The van der Waals surface area contributed by atoms with Gasteiger partial charge in [0.2, 0.25) is 12.7 Å². The second-order valence-electron chi connectivity index (χ2n) is 6.31. The molecular weight excluding hydrogens is 342 g/mol. The zero-order chi connectivity index (χ0) is 17.2. The summed E-state index contributed by atoms with van der Waals surface area (Å²) >= 11 is 1.75. The Morgan fingerprint density at radius 1 is 1.08 bits per heavy atom. The van der Waals surface area contributed by atoms with Gasteiger partial charge < -0.3 is 19.3 Å². The molecule has 1 N–H and O–H groups in total. The first-order valence-corrected chi connectivity index (χ1v) is 9.67. The number of nitrogens with one attached hydrogen (secondary N) is 1. The highest BCUT2D eigenvalue weighted by Gasteiger charge is 2.29. The minimum Gasteiger partial charge on any atom is -0.454 e. The molecule has 2 amide bonds. The third-order valence-corrected chi connectivity index (χ3v) is 5.67. The van der Waals surface area contributed by atoms with Crippen LogP contribution in [0.3, 0.4) is 0 Å². The van der Waals surface area contributed by atoms with Gasteiger partial charge in [-0.05, 0) is 24.6 Å². The highest BCUT2D eigenvalue weighted by Crippen LogP contribution is 2.32. The van der Waals surface area contributed by atoms with Crippen LogP contribution in [-0.4, -0.2) is 72.3 Å². The van der Waals surface area contributed by atoms with E-state index in [0.29, 0.717) is 43.2 Å². The van der Waals surface area contributed by atoms with E-state index < -0.39 is 0 Å². The van der Waals surface area contributed by atoms with Crippen molar-refractivity contribution in [3.05, 3.63) is 23.8 Å².